The number of carbonyl (C=O) groups excluding carboxylic acids is 1. The van der Waals surface area contributed by atoms with Gasteiger partial charge in [0.2, 0.25) is 5.91 Å². The molecule has 0 aliphatic carbocycles. The molecule has 4 heteroatoms. The zero-order valence-electron chi connectivity index (χ0n) is 9.53. The molecular weight excluding hydrogens is 190 g/mol. The second-order valence-electron chi connectivity index (χ2n) is 4.45. The first kappa shape index (κ1) is 10.2. The fourth-order valence-electron chi connectivity index (χ4n) is 2.18. The van der Waals surface area contributed by atoms with Gasteiger partial charge in [-0.05, 0) is 19.9 Å². The number of likely N-dealkylation sites (tertiary alicyclic amines) is 1. The van der Waals surface area contributed by atoms with Crippen molar-refractivity contribution in [3.8, 4) is 0 Å². The molecule has 1 aromatic heterocycles. The first-order valence-electron chi connectivity index (χ1n) is 5.31. The minimum Gasteiger partial charge on any atom is -0.345 e. The van der Waals surface area contributed by atoms with Crippen LogP contribution < -0.4 is 0 Å². The Bertz CT molecular complexity index is 383. The molecule has 0 radical (unpaired) electrons. The van der Waals surface area contributed by atoms with Crippen molar-refractivity contribution < 1.29 is 4.79 Å². The van der Waals surface area contributed by atoms with E-state index in [1.807, 2.05) is 18.7 Å². The first-order chi connectivity index (χ1) is 7.06. The smallest absolute Gasteiger partial charge is 0.222 e. The third-order valence-corrected chi connectivity index (χ3v) is 2.96. The number of aryl methyl sites for hydroxylation is 2. The van der Waals surface area contributed by atoms with Crippen molar-refractivity contribution in [2.45, 2.75) is 26.8 Å². The van der Waals surface area contributed by atoms with E-state index in [2.05, 4.69) is 18.1 Å². The maximum Gasteiger partial charge on any atom is 0.222 e. The lowest BCUT2D eigenvalue weighted by molar-refractivity contribution is -0.126. The molecule has 1 aliphatic rings. The van der Waals surface area contributed by atoms with E-state index in [9.17, 15) is 4.79 Å². The molecule has 1 fully saturated rings. The second-order valence-corrected chi connectivity index (χ2v) is 4.45. The van der Waals surface area contributed by atoms with Crippen LogP contribution in [0, 0.1) is 19.8 Å². The van der Waals surface area contributed by atoms with E-state index in [0.717, 1.165) is 18.8 Å². The maximum absolute atomic E-state index is 11.4. The van der Waals surface area contributed by atoms with E-state index in [-0.39, 0.29) is 5.91 Å². The second kappa shape index (κ2) is 3.68. The third kappa shape index (κ3) is 2.03. The Labute approximate surface area is 89.9 Å². The Kier molecular flexibility index (Phi) is 2.50. The van der Waals surface area contributed by atoms with Gasteiger partial charge in [0.05, 0.1) is 5.69 Å². The molecule has 1 atom stereocenters. The Morgan fingerprint density at radius 3 is 2.73 bits per heavy atom. The van der Waals surface area contributed by atoms with Crippen LogP contribution in [-0.2, 0) is 11.3 Å². The summed E-state index contributed by atoms with van der Waals surface area (Å²) < 4.78 is 2.01. The number of aromatic nitrogens is 2. The summed E-state index contributed by atoms with van der Waals surface area (Å²) in [6.45, 7) is 5.77. The molecule has 1 unspecified atom stereocenters. The average molecular weight is 207 g/mol. The van der Waals surface area contributed by atoms with E-state index < -0.39 is 0 Å². The number of nitrogens with zero attached hydrogens (tertiary/aromatic N) is 3. The molecule has 1 saturated heterocycles. The summed E-state index contributed by atoms with van der Waals surface area (Å²) in [5.74, 6) is 0.669. The zero-order chi connectivity index (χ0) is 11.0. The summed E-state index contributed by atoms with van der Waals surface area (Å²) in [6.07, 6.45) is 0.662. The Balaban J connectivity index is 2.04. The molecular formula is C11H17N3O. The molecule has 0 aromatic carbocycles. The van der Waals surface area contributed by atoms with Crippen LogP contribution in [0.1, 0.15) is 17.8 Å². The predicted octanol–water partition coefficient (Wildman–Crippen LogP) is 0.978. The van der Waals surface area contributed by atoms with Gasteiger partial charge >= 0.3 is 0 Å². The number of amides is 1. The molecule has 1 aliphatic heterocycles. The van der Waals surface area contributed by atoms with Crippen molar-refractivity contribution in [2.24, 2.45) is 5.92 Å². The highest BCUT2D eigenvalue weighted by Gasteiger charge is 2.27. The van der Waals surface area contributed by atoms with E-state index in [4.69, 9.17) is 0 Å². The van der Waals surface area contributed by atoms with Crippen LogP contribution in [0.15, 0.2) is 6.07 Å². The van der Waals surface area contributed by atoms with E-state index in [0.29, 0.717) is 12.3 Å². The van der Waals surface area contributed by atoms with Gasteiger partial charge in [0.1, 0.15) is 0 Å². The lowest BCUT2D eigenvalue weighted by atomic mass is 10.1. The van der Waals surface area contributed by atoms with E-state index in [1.54, 1.807) is 4.90 Å². The summed E-state index contributed by atoms with van der Waals surface area (Å²) in [4.78, 5) is 13.2. The Morgan fingerprint density at radius 1 is 1.53 bits per heavy atom. The first-order valence-corrected chi connectivity index (χ1v) is 5.31. The highest BCUT2D eigenvalue weighted by atomic mass is 16.2. The quantitative estimate of drug-likeness (QED) is 0.725. The van der Waals surface area contributed by atoms with Crippen molar-refractivity contribution in [1.82, 2.24) is 14.7 Å². The van der Waals surface area contributed by atoms with Crippen molar-refractivity contribution in [3.63, 3.8) is 0 Å². The van der Waals surface area contributed by atoms with Gasteiger partial charge in [0.25, 0.3) is 0 Å². The van der Waals surface area contributed by atoms with E-state index >= 15 is 0 Å². The molecule has 0 N–H and O–H groups in total. The van der Waals surface area contributed by atoms with E-state index in [1.165, 1.54) is 5.69 Å². The summed E-state index contributed by atoms with van der Waals surface area (Å²) in [5.41, 5.74) is 2.22. The molecule has 2 rings (SSSR count). The van der Waals surface area contributed by atoms with Gasteiger partial charge in [-0.1, -0.05) is 0 Å². The van der Waals surface area contributed by atoms with Gasteiger partial charge < -0.3 is 4.90 Å². The Morgan fingerprint density at radius 2 is 2.27 bits per heavy atom. The standard InChI is InChI=1S/C11H17N3O/c1-8-4-9(2)14(12-8)7-10-5-11(15)13(3)6-10/h4,10H,5-7H2,1-3H3. The minimum atomic E-state index is 0.251. The van der Waals surface area contributed by atoms with Gasteiger partial charge in [-0.2, -0.15) is 5.10 Å². The topological polar surface area (TPSA) is 38.1 Å². The third-order valence-electron chi connectivity index (χ3n) is 2.96. The van der Waals surface area contributed by atoms with Crippen LogP contribution in [0.25, 0.3) is 0 Å². The molecule has 0 saturated carbocycles. The molecule has 0 spiro atoms. The molecule has 1 amide bonds. The lowest BCUT2D eigenvalue weighted by Crippen LogP contribution is -2.20. The number of carbonyl (C=O) groups is 1. The van der Waals surface area contributed by atoms with Crippen LogP contribution in [0.5, 0.6) is 0 Å². The van der Waals surface area contributed by atoms with Gasteiger partial charge in [-0.25, -0.2) is 0 Å². The predicted molar refractivity (Wildman–Crippen MR) is 57.4 cm³/mol. The van der Waals surface area contributed by atoms with Crippen LogP contribution in [0.4, 0.5) is 0 Å². The van der Waals surface area contributed by atoms with Gasteiger partial charge in [0, 0.05) is 38.2 Å². The molecule has 4 nitrogen and oxygen atoms in total. The summed E-state index contributed by atoms with van der Waals surface area (Å²) in [7, 11) is 1.86. The maximum atomic E-state index is 11.4. The van der Waals surface area contributed by atoms with Gasteiger partial charge in [-0.15, -0.1) is 0 Å². The Hall–Kier alpha value is -1.32. The number of hydrogen-bond donors (Lipinski definition) is 0. The zero-order valence-corrected chi connectivity index (χ0v) is 9.53. The number of rotatable bonds is 2. The molecule has 1 aromatic rings. The van der Waals surface area contributed by atoms with Crippen LogP contribution >= 0.6 is 0 Å². The SMILES string of the molecule is Cc1cc(C)n(CC2CC(=O)N(C)C2)n1. The highest BCUT2D eigenvalue weighted by Crippen LogP contribution is 2.18. The van der Waals surface area contributed by atoms with Crippen LogP contribution in [0.2, 0.25) is 0 Å². The van der Waals surface area contributed by atoms with Crippen molar-refractivity contribution in [1.29, 1.82) is 0 Å². The van der Waals surface area contributed by atoms with Crippen LogP contribution in [-0.4, -0.2) is 34.2 Å². The molecule has 82 valence electrons. The normalized spacial score (nSPS) is 21.4. The van der Waals surface area contributed by atoms with Crippen LogP contribution in [0.3, 0.4) is 0 Å². The van der Waals surface area contributed by atoms with Crippen molar-refractivity contribution >= 4 is 5.91 Å². The number of hydrogen-bond acceptors (Lipinski definition) is 2. The van der Waals surface area contributed by atoms with Gasteiger partial charge in [0.15, 0.2) is 0 Å². The minimum absolute atomic E-state index is 0.251. The largest absolute Gasteiger partial charge is 0.345 e. The molecule has 0 bridgehead atoms. The molecule has 2 heterocycles. The monoisotopic (exact) mass is 207 g/mol. The molecule has 15 heavy (non-hydrogen) atoms. The van der Waals surface area contributed by atoms with Gasteiger partial charge in [-0.3, -0.25) is 9.48 Å². The fraction of sp³-hybridized carbons (Fsp3) is 0.636. The fourth-order valence-corrected chi connectivity index (χ4v) is 2.18. The summed E-state index contributed by atoms with van der Waals surface area (Å²) >= 11 is 0. The average Bonchev–Trinajstić information content (AvgIpc) is 2.59. The lowest BCUT2D eigenvalue weighted by Gasteiger charge is -2.11. The van der Waals surface area contributed by atoms with Crippen molar-refractivity contribution in [2.75, 3.05) is 13.6 Å². The highest BCUT2D eigenvalue weighted by molar-refractivity contribution is 5.78. The summed E-state index contributed by atoms with van der Waals surface area (Å²) in [5, 5.41) is 4.41. The van der Waals surface area contributed by atoms with Crippen molar-refractivity contribution in [3.05, 3.63) is 17.5 Å². The summed E-state index contributed by atoms with van der Waals surface area (Å²) in [6, 6.07) is 2.07.